The molecule has 0 saturated carbocycles. The molecule has 0 aromatic rings. The minimum atomic E-state index is 0.360. The van der Waals surface area contributed by atoms with E-state index in [2.05, 4.69) is 56.9 Å². The van der Waals surface area contributed by atoms with Crippen LogP contribution in [0.25, 0.3) is 0 Å². The summed E-state index contributed by atoms with van der Waals surface area (Å²) in [6.07, 6.45) is 2.60. The van der Waals surface area contributed by atoms with Gasteiger partial charge in [0.2, 0.25) is 0 Å². The van der Waals surface area contributed by atoms with Crippen LogP contribution in [0, 0.1) is 5.41 Å². The van der Waals surface area contributed by atoms with Gasteiger partial charge in [-0.3, -0.25) is 0 Å². The maximum absolute atomic E-state index is 3.77. The molecular weight excluding hydrogens is 222 g/mol. The van der Waals surface area contributed by atoms with Gasteiger partial charge >= 0.3 is 0 Å². The highest BCUT2D eigenvalue weighted by molar-refractivity contribution is 4.82. The maximum Gasteiger partial charge on any atom is 0.00916 e. The zero-order chi connectivity index (χ0) is 13.8. The second-order valence-electron chi connectivity index (χ2n) is 7.19. The van der Waals surface area contributed by atoms with Gasteiger partial charge in [0, 0.05) is 25.2 Å². The fourth-order valence-corrected chi connectivity index (χ4v) is 2.95. The number of nitrogens with zero attached hydrogens (tertiary/aromatic N) is 2. The number of hydrogen-bond acceptors (Lipinski definition) is 3. The van der Waals surface area contributed by atoms with E-state index in [4.69, 9.17) is 0 Å². The minimum absolute atomic E-state index is 0.360. The smallest absolute Gasteiger partial charge is 0.00916 e. The van der Waals surface area contributed by atoms with Gasteiger partial charge in [0.1, 0.15) is 0 Å². The Morgan fingerprint density at radius 2 is 1.78 bits per heavy atom. The van der Waals surface area contributed by atoms with Gasteiger partial charge in [0.15, 0.2) is 0 Å². The number of nitrogens with one attached hydrogen (secondary N) is 1. The van der Waals surface area contributed by atoms with E-state index in [-0.39, 0.29) is 0 Å². The van der Waals surface area contributed by atoms with E-state index in [9.17, 15) is 0 Å². The summed E-state index contributed by atoms with van der Waals surface area (Å²) in [6.45, 7) is 14.1. The molecule has 1 aliphatic rings. The first kappa shape index (κ1) is 15.9. The lowest BCUT2D eigenvalue weighted by atomic mass is 9.92. The molecule has 1 rings (SSSR count). The zero-order valence-corrected chi connectivity index (χ0v) is 13.3. The molecule has 0 amide bonds. The van der Waals surface area contributed by atoms with E-state index in [1.165, 1.54) is 25.9 Å². The third-order valence-corrected chi connectivity index (χ3v) is 3.87. The first-order valence-electron chi connectivity index (χ1n) is 7.42. The van der Waals surface area contributed by atoms with Crippen molar-refractivity contribution in [2.75, 3.05) is 40.3 Å². The molecule has 0 spiro atoms. The van der Waals surface area contributed by atoms with Crippen LogP contribution < -0.4 is 5.32 Å². The van der Waals surface area contributed by atoms with Crippen molar-refractivity contribution in [1.29, 1.82) is 0 Å². The molecule has 3 heteroatoms. The quantitative estimate of drug-likeness (QED) is 0.783. The van der Waals surface area contributed by atoms with Crippen molar-refractivity contribution in [3.05, 3.63) is 0 Å². The van der Waals surface area contributed by atoms with Crippen LogP contribution in [0.4, 0.5) is 0 Å². The molecule has 108 valence electrons. The van der Waals surface area contributed by atoms with Crippen LogP contribution in [0.15, 0.2) is 0 Å². The Morgan fingerprint density at radius 1 is 1.22 bits per heavy atom. The molecule has 1 fully saturated rings. The minimum Gasteiger partial charge on any atom is -0.313 e. The summed E-state index contributed by atoms with van der Waals surface area (Å²) in [4.78, 5) is 4.87. The van der Waals surface area contributed by atoms with Gasteiger partial charge in [-0.2, -0.15) is 0 Å². The number of piperidine rings is 1. The van der Waals surface area contributed by atoms with Gasteiger partial charge < -0.3 is 15.1 Å². The van der Waals surface area contributed by atoms with E-state index in [1.54, 1.807) is 0 Å². The Bertz CT molecular complexity index is 228. The van der Waals surface area contributed by atoms with Crippen molar-refractivity contribution < 1.29 is 0 Å². The highest BCUT2D eigenvalue weighted by Crippen LogP contribution is 2.17. The van der Waals surface area contributed by atoms with Gasteiger partial charge in [-0.05, 0) is 59.3 Å². The lowest BCUT2D eigenvalue weighted by Gasteiger charge is -2.37. The Labute approximate surface area is 114 Å². The van der Waals surface area contributed by atoms with Gasteiger partial charge in [-0.15, -0.1) is 0 Å². The molecule has 0 radical (unpaired) electrons. The Kier molecular flexibility index (Phi) is 6.09. The fraction of sp³-hybridized carbons (Fsp3) is 1.00. The van der Waals surface area contributed by atoms with Crippen LogP contribution in [0.2, 0.25) is 0 Å². The summed E-state index contributed by atoms with van der Waals surface area (Å²) >= 11 is 0. The van der Waals surface area contributed by atoms with Crippen LogP contribution in [-0.2, 0) is 0 Å². The van der Waals surface area contributed by atoms with Crippen LogP contribution >= 0.6 is 0 Å². The van der Waals surface area contributed by atoms with E-state index >= 15 is 0 Å². The van der Waals surface area contributed by atoms with Gasteiger partial charge in [-0.1, -0.05) is 13.8 Å². The monoisotopic (exact) mass is 255 g/mol. The summed E-state index contributed by atoms with van der Waals surface area (Å²) in [5.74, 6) is 0. The third kappa shape index (κ3) is 5.68. The van der Waals surface area contributed by atoms with Crippen molar-refractivity contribution in [3.8, 4) is 0 Å². The highest BCUT2D eigenvalue weighted by Gasteiger charge is 2.24. The SMILES string of the molecule is CC(C)N1CCC(NCC(C)(C)CN(C)C)CC1. The van der Waals surface area contributed by atoms with Crippen molar-refractivity contribution in [3.63, 3.8) is 0 Å². The van der Waals surface area contributed by atoms with E-state index < -0.39 is 0 Å². The predicted octanol–water partition coefficient (Wildman–Crippen LogP) is 2.04. The topological polar surface area (TPSA) is 18.5 Å². The number of rotatable bonds is 6. The lowest BCUT2D eigenvalue weighted by Crippen LogP contribution is -2.48. The van der Waals surface area contributed by atoms with E-state index in [0.29, 0.717) is 11.5 Å². The standard InChI is InChI=1S/C15H33N3/c1-13(2)18-9-7-14(8-10-18)16-11-15(3,4)12-17(5)6/h13-14,16H,7-12H2,1-6H3. The summed E-state index contributed by atoms with van der Waals surface area (Å²) in [6, 6.07) is 1.43. The second-order valence-corrected chi connectivity index (χ2v) is 7.19. The molecule has 1 saturated heterocycles. The summed E-state index contributed by atoms with van der Waals surface area (Å²) < 4.78 is 0. The highest BCUT2D eigenvalue weighted by atomic mass is 15.2. The molecule has 3 nitrogen and oxygen atoms in total. The molecule has 0 atom stereocenters. The first-order chi connectivity index (χ1) is 8.30. The van der Waals surface area contributed by atoms with E-state index in [1.807, 2.05) is 0 Å². The predicted molar refractivity (Wildman–Crippen MR) is 80.1 cm³/mol. The third-order valence-electron chi connectivity index (χ3n) is 3.87. The largest absolute Gasteiger partial charge is 0.313 e. The zero-order valence-electron chi connectivity index (χ0n) is 13.3. The average molecular weight is 255 g/mol. The summed E-state index contributed by atoms with van der Waals surface area (Å²) in [7, 11) is 4.31. The van der Waals surface area contributed by atoms with Crippen molar-refractivity contribution in [2.45, 2.75) is 52.6 Å². The molecule has 1 heterocycles. The van der Waals surface area contributed by atoms with Crippen LogP contribution in [0.1, 0.15) is 40.5 Å². The Hall–Kier alpha value is -0.120. The van der Waals surface area contributed by atoms with Crippen molar-refractivity contribution in [1.82, 2.24) is 15.1 Å². The Balaban J connectivity index is 2.25. The van der Waals surface area contributed by atoms with Crippen LogP contribution in [0.3, 0.4) is 0 Å². The molecule has 0 aromatic carbocycles. The Morgan fingerprint density at radius 3 is 2.22 bits per heavy atom. The molecule has 0 unspecified atom stereocenters. The molecule has 1 aliphatic heterocycles. The van der Waals surface area contributed by atoms with Crippen molar-refractivity contribution >= 4 is 0 Å². The van der Waals surface area contributed by atoms with Crippen molar-refractivity contribution in [2.24, 2.45) is 5.41 Å². The average Bonchev–Trinajstić information content (AvgIpc) is 2.25. The molecule has 18 heavy (non-hydrogen) atoms. The molecule has 0 bridgehead atoms. The molecule has 0 aromatic heterocycles. The molecular formula is C15H33N3. The normalized spacial score (nSPS) is 20.0. The van der Waals surface area contributed by atoms with Gasteiger partial charge in [0.05, 0.1) is 0 Å². The molecule has 1 N–H and O–H groups in total. The molecule has 0 aliphatic carbocycles. The maximum atomic E-state index is 3.77. The van der Waals surface area contributed by atoms with E-state index in [0.717, 1.165) is 19.1 Å². The fourth-order valence-electron chi connectivity index (χ4n) is 2.95. The lowest BCUT2D eigenvalue weighted by molar-refractivity contribution is 0.150. The summed E-state index contributed by atoms with van der Waals surface area (Å²) in [5.41, 5.74) is 0.360. The van der Waals surface area contributed by atoms with Gasteiger partial charge in [0.25, 0.3) is 0 Å². The van der Waals surface area contributed by atoms with Gasteiger partial charge in [-0.25, -0.2) is 0 Å². The summed E-state index contributed by atoms with van der Waals surface area (Å²) in [5, 5.41) is 3.77. The number of hydrogen-bond donors (Lipinski definition) is 1. The first-order valence-corrected chi connectivity index (χ1v) is 7.42. The number of likely N-dealkylation sites (tertiary alicyclic amines) is 1. The van der Waals surface area contributed by atoms with Crippen LogP contribution in [0.5, 0.6) is 0 Å². The van der Waals surface area contributed by atoms with Crippen LogP contribution in [-0.4, -0.2) is 62.2 Å². The second kappa shape index (κ2) is 6.88.